The molecule has 0 unspecified atom stereocenters. The molecule has 3 rings (SSSR count). The third-order valence-corrected chi connectivity index (χ3v) is 5.55. The summed E-state index contributed by atoms with van der Waals surface area (Å²) >= 11 is 1.26. The summed E-state index contributed by atoms with van der Waals surface area (Å²) in [5, 5.41) is 15.6. The first-order chi connectivity index (χ1) is 13.4. The molecule has 0 bridgehead atoms. The molecule has 0 atom stereocenters. The van der Waals surface area contributed by atoms with Gasteiger partial charge in [-0.15, -0.1) is 11.3 Å². The number of thiophene rings is 1. The molecule has 1 amide bonds. The van der Waals surface area contributed by atoms with Crippen LogP contribution in [0.15, 0.2) is 35.4 Å². The average molecular weight is 400 g/mol. The van der Waals surface area contributed by atoms with Crippen molar-refractivity contribution in [3.05, 3.63) is 62.3 Å². The molecule has 28 heavy (non-hydrogen) atoms. The Labute approximate surface area is 165 Å². The van der Waals surface area contributed by atoms with E-state index in [9.17, 15) is 14.9 Å². The fraction of sp³-hybridized carbons (Fsp3) is 0.263. The standard InChI is InChI=1S/C19H20N4O4S/c1-12-8-15(13(2)22(12)6-7-27-3)11-20-21-19(24)18-10-14-9-16(23(25)26)4-5-17(14)28-18/h4-5,8-11H,6-7H2,1-3H3,(H,21,24)/b20-11-. The van der Waals surface area contributed by atoms with Gasteiger partial charge in [0.1, 0.15) is 0 Å². The summed E-state index contributed by atoms with van der Waals surface area (Å²) in [6.45, 7) is 5.37. The summed E-state index contributed by atoms with van der Waals surface area (Å²) in [5.74, 6) is -0.353. The van der Waals surface area contributed by atoms with Crippen LogP contribution in [-0.2, 0) is 11.3 Å². The van der Waals surface area contributed by atoms with Crippen LogP contribution in [-0.4, -0.2) is 35.3 Å². The van der Waals surface area contributed by atoms with E-state index in [1.165, 1.54) is 23.5 Å². The smallest absolute Gasteiger partial charge is 0.281 e. The molecule has 1 aromatic carbocycles. The van der Waals surface area contributed by atoms with E-state index in [1.54, 1.807) is 25.5 Å². The molecule has 3 aromatic rings. The fourth-order valence-corrected chi connectivity index (χ4v) is 3.89. The number of ether oxygens (including phenoxy) is 1. The van der Waals surface area contributed by atoms with Gasteiger partial charge in [0.05, 0.1) is 22.6 Å². The number of hydrazone groups is 1. The lowest BCUT2D eigenvalue weighted by Gasteiger charge is -2.08. The van der Waals surface area contributed by atoms with E-state index < -0.39 is 4.92 Å². The number of benzene rings is 1. The van der Waals surface area contributed by atoms with Gasteiger partial charge in [-0.3, -0.25) is 14.9 Å². The van der Waals surface area contributed by atoms with Gasteiger partial charge in [-0.25, -0.2) is 5.43 Å². The van der Waals surface area contributed by atoms with E-state index in [0.29, 0.717) is 16.9 Å². The van der Waals surface area contributed by atoms with Gasteiger partial charge in [0.2, 0.25) is 0 Å². The zero-order valence-corrected chi connectivity index (χ0v) is 16.6. The molecule has 0 aliphatic rings. The Balaban J connectivity index is 1.72. The number of fused-ring (bicyclic) bond motifs is 1. The van der Waals surface area contributed by atoms with Gasteiger partial charge in [0.15, 0.2) is 0 Å². The number of aryl methyl sites for hydroxylation is 1. The minimum absolute atomic E-state index is 0.000825. The second-order valence-electron chi connectivity index (χ2n) is 6.26. The number of hydrogen-bond acceptors (Lipinski definition) is 6. The molecular weight excluding hydrogens is 380 g/mol. The molecule has 1 N–H and O–H groups in total. The molecule has 2 aromatic heterocycles. The molecule has 2 heterocycles. The van der Waals surface area contributed by atoms with Crippen LogP contribution < -0.4 is 5.43 Å². The van der Waals surface area contributed by atoms with E-state index >= 15 is 0 Å². The Bertz CT molecular complexity index is 1070. The monoisotopic (exact) mass is 400 g/mol. The molecule has 0 radical (unpaired) electrons. The number of carbonyl (C=O) groups excluding carboxylic acids is 1. The first-order valence-corrected chi connectivity index (χ1v) is 9.39. The summed E-state index contributed by atoms with van der Waals surface area (Å²) < 4.78 is 8.06. The zero-order valence-electron chi connectivity index (χ0n) is 15.8. The quantitative estimate of drug-likeness (QED) is 0.372. The summed E-state index contributed by atoms with van der Waals surface area (Å²) in [6, 6.07) is 8.17. The van der Waals surface area contributed by atoms with Gasteiger partial charge in [0.25, 0.3) is 11.6 Å². The molecule has 0 saturated carbocycles. The van der Waals surface area contributed by atoms with Crippen molar-refractivity contribution in [3.63, 3.8) is 0 Å². The van der Waals surface area contributed by atoms with Crippen molar-refractivity contribution in [3.8, 4) is 0 Å². The molecular formula is C19H20N4O4S. The zero-order chi connectivity index (χ0) is 20.3. The lowest BCUT2D eigenvalue weighted by Crippen LogP contribution is -2.16. The highest BCUT2D eigenvalue weighted by Gasteiger charge is 2.13. The third kappa shape index (κ3) is 4.10. The Kier molecular flexibility index (Phi) is 5.86. The van der Waals surface area contributed by atoms with Crippen LogP contribution in [0.1, 0.15) is 26.6 Å². The highest BCUT2D eigenvalue weighted by atomic mass is 32.1. The number of rotatable bonds is 7. The Morgan fingerprint density at radius 1 is 1.36 bits per heavy atom. The number of nitrogens with zero attached hydrogens (tertiary/aromatic N) is 3. The highest BCUT2D eigenvalue weighted by Crippen LogP contribution is 2.28. The third-order valence-electron chi connectivity index (χ3n) is 4.44. The minimum Gasteiger partial charge on any atom is -0.383 e. The van der Waals surface area contributed by atoms with Gasteiger partial charge >= 0.3 is 0 Å². The molecule has 0 saturated heterocycles. The van der Waals surface area contributed by atoms with Crippen molar-refractivity contribution in [2.75, 3.05) is 13.7 Å². The largest absolute Gasteiger partial charge is 0.383 e. The predicted octanol–water partition coefficient (Wildman–Crippen LogP) is 3.64. The lowest BCUT2D eigenvalue weighted by molar-refractivity contribution is -0.384. The van der Waals surface area contributed by atoms with Gasteiger partial charge < -0.3 is 9.30 Å². The van der Waals surface area contributed by atoms with Crippen LogP contribution in [0, 0.1) is 24.0 Å². The maximum Gasteiger partial charge on any atom is 0.281 e. The minimum atomic E-state index is -0.454. The summed E-state index contributed by atoms with van der Waals surface area (Å²) in [4.78, 5) is 23.2. The van der Waals surface area contributed by atoms with Crippen molar-refractivity contribution in [2.45, 2.75) is 20.4 Å². The lowest BCUT2D eigenvalue weighted by atomic mass is 10.2. The SMILES string of the molecule is COCCn1c(C)cc(/C=N\NC(=O)c2cc3cc([N+](=O)[O-])ccc3s2)c1C. The number of nitro benzene ring substituents is 1. The highest BCUT2D eigenvalue weighted by molar-refractivity contribution is 7.20. The summed E-state index contributed by atoms with van der Waals surface area (Å²) in [5.41, 5.74) is 5.57. The van der Waals surface area contributed by atoms with Crippen molar-refractivity contribution in [1.29, 1.82) is 0 Å². The number of nitro groups is 1. The second kappa shape index (κ2) is 8.32. The first-order valence-electron chi connectivity index (χ1n) is 8.57. The second-order valence-corrected chi connectivity index (χ2v) is 7.34. The van der Waals surface area contributed by atoms with E-state index in [4.69, 9.17) is 4.74 Å². The Morgan fingerprint density at radius 3 is 2.86 bits per heavy atom. The van der Waals surface area contributed by atoms with Crippen molar-refractivity contribution < 1.29 is 14.5 Å². The number of non-ortho nitro benzene ring substituents is 1. The maximum atomic E-state index is 12.4. The molecule has 8 nitrogen and oxygen atoms in total. The molecule has 0 fully saturated rings. The van der Waals surface area contributed by atoms with Crippen LogP contribution in [0.25, 0.3) is 10.1 Å². The number of hydrogen-bond donors (Lipinski definition) is 1. The maximum absolute atomic E-state index is 12.4. The molecule has 0 aliphatic carbocycles. The molecule has 9 heteroatoms. The van der Waals surface area contributed by atoms with Crippen LogP contribution in [0.2, 0.25) is 0 Å². The molecule has 0 aliphatic heterocycles. The van der Waals surface area contributed by atoms with Gasteiger partial charge in [-0.2, -0.15) is 5.10 Å². The van der Waals surface area contributed by atoms with Crippen molar-refractivity contribution in [2.24, 2.45) is 5.10 Å². The predicted molar refractivity (Wildman–Crippen MR) is 109 cm³/mol. The fourth-order valence-electron chi connectivity index (χ4n) is 2.96. The molecule has 0 spiro atoms. The summed E-state index contributed by atoms with van der Waals surface area (Å²) in [6.07, 6.45) is 1.61. The van der Waals surface area contributed by atoms with E-state index in [-0.39, 0.29) is 11.6 Å². The first kappa shape index (κ1) is 19.7. The van der Waals surface area contributed by atoms with E-state index in [0.717, 1.165) is 28.2 Å². The van der Waals surface area contributed by atoms with Gasteiger partial charge in [-0.1, -0.05) is 0 Å². The van der Waals surface area contributed by atoms with E-state index in [1.807, 2.05) is 19.9 Å². The van der Waals surface area contributed by atoms with Crippen LogP contribution in [0.4, 0.5) is 5.69 Å². The number of aromatic nitrogens is 1. The number of methoxy groups -OCH3 is 1. The topological polar surface area (TPSA) is 98.8 Å². The number of nitrogens with one attached hydrogen (secondary N) is 1. The van der Waals surface area contributed by atoms with Crippen LogP contribution in [0.3, 0.4) is 0 Å². The van der Waals surface area contributed by atoms with Crippen molar-refractivity contribution >= 4 is 39.2 Å². The normalized spacial score (nSPS) is 11.4. The Hall–Kier alpha value is -3.04. The molecule has 146 valence electrons. The van der Waals surface area contributed by atoms with Gasteiger partial charge in [0, 0.05) is 52.8 Å². The van der Waals surface area contributed by atoms with Crippen LogP contribution in [0.5, 0.6) is 0 Å². The average Bonchev–Trinajstić information content (AvgIpc) is 3.21. The summed E-state index contributed by atoms with van der Waals surface area (Å²) in [7, 11) is 1.66. The van der Waals surface area contributed by atoms with Crippen LogP contribution >= 0.6 is 11.3 Å². The number of carbonyl (C=O) groups is 1. The van der Waals surface area contributed by atoms with Crippen molar-refractivity contribution in [1.82, 2.24) is 9.99 Å². The Morgan fingerprint density at radius 2 is 2.14 bits per heavy atom. The van der Waals surface area contributed by atoms with Gasteiger partial charge in [-0.05, 0) is 32.0 Å². The van der Waals surface area contributed by atoms with E-state index in [2.05, 4.69) is 15.1 Å². The number of amides is 1.